The van der Waals surface area contributed by atoms with E-state index in [9.17, 15) is 4.79 Å². The number of anilines is 1. The van der Waals surface area contributed by atoms with Gasteiger partial charge in [0.1, 0.15) is 0 Å². The molecule has 0 atom stereocenters. The average Bonchev–Trinajstić information content (AvgIpc) is 2.43. The fourth-order valence-corrected chi connectivity index (χ4v) is 2.31. The van der Waals surface area contributed by atoms with Crippen LogP contribution in [0, 0.1) is 20.8 Å². The highest BCUT2D eigenvalue weighted by Crippen LogP contribution is 2.19. The molecule has 108 valence electrons. The van der Waals surface area contributed by atoms with Crippen LogP contribution in [0.4, 0.5) is 5.69 Å². The van der Waals surface area contributed by atoms with Crippen molar-refractivity contribution in [1.29, 1.82) is 0 Å². The van der Waals surface area contributed by atoms with E-state index < -0.39 is 0 Å². The molecule has 2 nitrogen and oxygen atoms in total. The molecule has 0 radical (unpaired) electrons. The number of carbonyl (C=O) groups is 1. The van der Waals surface area contributed by atoms with Gasteiger partial charge in [-0.05, 0) is 56.2 Å². The van der Waals surface area contributed by atoms with Gasteiger partial charge in [-0.25, -0.2) is 0 Å². The molecule has 0 saturated heterocycles. The van der Waals surface area contributed by atoms with Gasteiger partial charge in [-0.3, -0.25) is 4.79 Å². The molecule has 0 fully saturated rings. The van der Waals surface area contributed by atoms with Crippen LogP contribution in [0.25, 0.3) is 0 Å². The van der Waals surface area contributed by atoms with Crippen LogP contribution in [0.5, 0.6) is 0 Å². The Morgan fingerprint density at radius 3 is 2.52 bits per heavy atom. The standard InChI is InChI=1S/C18H18ClNO/c1-12-4-5-13(2)16(10-12)18(21)8-9-20-17-7-6-15(19)11-14(17)3/h4-11,20H,1-3H3/b9-8+. The zero-order valence-electron chi connectivity index (χ0n) is 12.4. The first-order valence-electron chi connectivity index (χ1n) is 6.78. The summed E-state index contributed by atoms with van der Waals surface area (Å²) in [5.41, 5.74) is 4.77. The highest BCUT2D eigenvalue weighted by atomic mass is 35.5. The van der Waals surface area contributed by atoms with Crippen molar-refractivity contribution in [2.75, 3.05) is 5.32 Å². The van der Waals surface area contributed by atoms with Crippen LogP contribution in [-0.4, -0.2) is 5.78 Å². The lowest BCUT2D eigenvalue weighted by Crippen LogP contribution is -2.00. The third-order valence-electron chi connectivity index (χ3n) is 3.32. The van der Waals surface area contributed by atoms with E-state index in [-0.39, 0.29) is 5.78 Å². The van der Waals surface area contributed by atoms with Crippen molar-refractivity contribution in [3.63, 3.8) is 0 Å². The lowest BCUT2D eigenvalue weighted by molar-refractivity contribution is 0.104. The van der Waals surface area contributed by atoms with Crippen LogP contribution in [0.15, 0.2) is 48.7 Å². The quantitative estimate of drug-likeness (QED) is 0.630. The molecule has 21 heavy (non-hydrogen) atoms. The predicted molar refractivity (Wildman–Crippen MR) is 89.2 cm³/mol. The average molecular weight is 300 g/mol. The molecule has 0 aromatic heterocycles. The SMILES string of the molecule is Cc1ccc(C)c(C(=O)/C=C/Nc2ccc(Cl)cc2C)c1. The Morgan fingerprint density at radius 1 is 1.05 bits per heavy atom. The van der Waals surface area contributed by atoms with E-state index in [1.54, 1.807) is 12.3 Å². The van der Waals surface area contributed by atoms with Gasteiger partial charge in [0.25, 0.3) is 0 Å². The summed E-state index contributed by atoms with van der Waals surface area (Å²) in [6.45, 7) is 5.89. The second-order valence-corrected chi connectivity index (χ2v) is 5.56. The fourth-order valence-electron chi connectivity index (χ4n) is 2.09. The molecule has 0 spiro atoms. The van der Waals surface area contributed by atoms with E-state index in [0.717, 1.165) is 27.9 Å². The molecule has 0 bridgehead atoms. The summed E-state index contributed by atoms with van der Waals surface area (Å²) < 4.78 is 0. The predicted octanol–water partition coefficient (Wildman–Crippen LogP) is 5.07. The highest BCUT2D eigenvalue weighted by molar-refractivity contribution is 6.30. The first kappa shape index (κ1) is 15.3. The molecule has 0 aliphatic heterocycles. The van der Waals surface area contributed by atoms with Gasteiger partial charge in [0.05, 0.1) is 0 Å². The van der Waals surface area contributed by atoms with Gasteiger partial charge >= 0.3 is 0 Å². The molecule has 0 saturated carbocycles. The van der Waals surface area contributed by atoms with Crippen molar-refractivity contribution in [2.45, 2.75) is 20.8 Å². The van der Waals surface area contributed by atoms with E-state index >= 15 is 0 Å². The number of rotatable bonds is 4. The molecule has 2 aromatic rings. The Hall–Kier alpha value is -2.06. The number of allylic oxidation sites excluding steroid dienone is 1. The van der Waals surface area contributed by atoms with E-state index in [1.165, 1.54) is 0 Å². The maximum atomic E-state index is 12.2. The number of ketones is 1. The Balaban J connectivity index is 2.10. The summed E-state index contributed by atoms with van der Waals surface area (Å²) in [7, 11) is 0. The third-order valence-corrected chi connectivity index (χ3v) is 3.56. The van der Waals surface area contributed by atoms with Crippen LogP contribution in [-0.2, 0) is 0 Å². The van der Waals surface area contributed by atoms with Crippen molar-refractivity contribution in [3.8, 4) is 0 Å². The summed E-state index contributed by atoms with van der Waals surface area (Å²) in [6, 6.07) is 11.5. The summed E-state index contributed by atoms with van der Waals surface area (Å²) in [5.74, 6) is -0.00434. The monoisotopic (exact) mass is 299 g/mol. The highest BCUT2D eigenvalue weighted by Gasteiger charge is 2.05. The zero-order chi connectivity index (χ0) is 15.4. The summed E-state index contributed by atoms with van der Waals surface area (Å²) in [6.07, 6.45) is 3.22. The lowest BCUT2D eigenvalue weighted by atomic mass is 10.0. The maximum Gasteiger partial charge on any atom is 0.187 e. The minimum Gasteiger partial charge on any atom is -0.361 e. The number of hydrogen-bond acceptors (Lipinski definition) is 2. The van der Waals surface area contributed by atoms with E-state index in [2.05, 4.69) is 5.32 Å². The molecular formula is C18H18ClNO. The first-order chi connectivity index (χ1) is 9.97. The molecule has 0 heterocycles. The van der Waals surface area contributed by atoms with Crippen LogP contribution < -0.4 is 5.32 Å². The summed E-state index contributed by atoms with van der Waals surface area (Å²) in [5, 5.41) is 3.82. The second kappa shape index (κ2) is 6.59. The number of aryl methyl sites for hydroxylation is 3. The molecule has 0 unspecified atom stereocenters. The lowest BCUT2D eigenvalue weighted by Gasteiger charge is -2.06. The number of nitrogens with one attached hydrogen (secondary N) is 1. The summed E-state index contributed by atoms with van der Waals surface area (Å²) in [4.78, 5) is 12.2. The van der Waals surface area contributed by atoms with Crippen molar-refractivity contribution in [1.82, 2.24) is 0 Å². The minimum absolute atomic E-state index is 0.00434. The molecule has 2 aromatic carbocycles. The molecule has 0 amide bonds. The molecular weight excluding hydrogens is 282 g/mol. The van der Waals surface area contributed by atoms with Gasteiger partial charge in [-0.1, -0.05) is 29.3 Å². The van der Waals surface area contributed by atoms with Crippen molar-refractivity contribution < 1.29 is 4.79 Å². The van der Waals surface area contributed by atoms with Crippen LogP contribution in [0.3, 0.4) is 0 Å². The van der Waals surface area contributed by atoms with Crippen LogP contribution in [0.1, 0.15) is 27.0 Å². The maximum absolute atomic E-state index is 12.2. The Morgan fingerprint density at radius 2 is 1.81 bits per heavy atom. The van der Waals surface area contributed by atoms with Gasteiger partial charge in [0.15, 0.2) is 5.78 Å². The third kappa shape index (κ3) is 3.96. The topological polar surface area (TPSA) is 29.1 Å². The van der Waals surface area contributed by atoms with Gasteiger partial charge in [-0.2, -0.15) is 0 Å². The number of carbonyl (C=O) groups excluding carboxylic acids is 1. The van der Waals surface area contributed by atoms with Gasteiger partial charge < -0.3 is 5.32 Å². The molecule has 1 N–H and O–H groups in total. The van der Waals surface area contributed by atoms with Crippen molar-refractivity contribution in [3.05, 3.63) is 76.0 Å². The van der Waals surface area contributed by atoms with Gasteiger partial charge in [0.2, 0.25) is 0 Å². The first-order valence-corrected chi connectivity index (χ1v) is 7.16. The number of halogens is 1. The number of hydrogen-bond donors (Lipinski definition) is 1. The van der Waals surface area contributed by atoms with E-state index in [1.807, 2.05) is 57.2 Å². The fraction of sp³-hybridized carbons (Fsp3) is 0.167. The Kier molecular flexibility index (Phi) is 4.81. The molecule has 0 aliphatic rings. The van der Waals surface area contributed by atoms with Crippen molar-refractivity contribution >= 4 is 23.1 Å². The largest absolute Gasteiger partial charge is 0.361 e. The smallest absolute Gasteiger partial charge is 0.187 e. The van der Waals surface area contributed by atoms with Crippen molar-refractivity contribution in [2.24, 2.45) is 0 Å². The van der Waals surface area contributed by atoms with E-state index in [4.69, 9.17) is 11.6 Å². The Labute approximate surface area is 130 Å². The Bertz CT molecular complexity index is 704. The normalized spacial score (nSPS) is 10.9. The molecule has 3 heteroatoms. The second-order valence-electron chi connectivity index (χ2n) is 5.12. The minimum atomic E-state index is -0.00434. The molecule has 0 aliphatic carbocycles. The zero-order valence-corrected chi connectivity index (χ0v) is 13.2. The van der Waals surface area contributed by atoms with E-state index in [0.29, 0.717) is 5.02 Å². The summed E-state index contributed by atoms with van der Waals surface area (Å²) >= 11 is 5.91. The van der Waals surface area contributed by atoms with Crippen LogP contribution >= 0.6 is 11.6 Å². The van der Waals surface area contributed by atoms with Gasteiger partial charge in [0, 0.05) is 28.5 Å². The van der Waals surface area contributed by atoms with Crippen LogP contribution in [0.2, 0.25) is 5.02 Å². The van der Waals surface area contributed by atoms with Gasteiger partial charge in [-0.15, -0.1) is 0 Å². The molecule has 2 rings (SSSR count). The number of benzene rings is 2.